The van der Waals surface area contributed by atoms with E-state index in [0.29, 0.717) is 11.4 Å². The van der Waals surface area contributed by atoms with Gasteiger partial charge in [0.15, 0.2) is 0 Å². The molecule has 0 amide bonds. The first-order valence-corrected chi connectivity index (χ1v) is 7.33. The second-order valence-electron chi connectivity index (χ2n) is 5.27. The zero-order chi connectivity index (χ0) is 15.6. The second-order valence-corrected chi connectivity index (χ2v) is 5.27. The van der Waals surface area contributed by atoms with E-state index in [2.05, 4.69) is 9.97 Å². The van der Waals surface area contributed by atoms with Gasteiger partial charge in [-0.1, -0.05) is 30.3 Å². The van der Waals surface area contributed by atoms with Crippen molar-refractivity contribution in [3.63, 3.8) is 0 Å². The highest BCUT2D eigenvalue weighted by Gasteiger charge is 2.18. The quantitative estimate of drug-likeness (QED) is 0.755. The lowest BCUT2D eigenvalue weighted by Gasteiger charge is -2.16. The fourth-order valence-corrected chi connectivity index (χ4v) is 2.53. The highest BCUT2D eigenvalue weighted by Crippen LogP contribution is 2.26. The van der Waals surface area contributed by atoms with E-state index in [-0.39, 0.29) is 19.2 Å². The average molecular weight is 306 g/mol. The number of imidazole rings is 1. The molecule has 1 N–H and O–H groups in total. The minimum atomic E-state index is -0.389. The highest BCUT2D eigenvalue weighted by atomic mass is 16.5. The summed E-state index contributed by atoms with van der Waals surface area (Å²) in [5, 5.41) is 0. The van der Waals surface area contributed by atoms with Crippen molar-refractivity contribution in [3.8, 4) is 5.75 Å². The number of H-pyrrole nitrogens is 1. The third-order valence-corrected chi connectivity index (χ3v) is 3.67. The number of nitrogens with zero attached hydrogens (tertiary/aromatic N) is 1. The van der Waals surface area contributed by atoms with Crippen LogP contribution in [0, 0.1) is 0 Å². The number of esters is 1. The van der Waals surface area contributed by atoms with Crippen molar-refractivity contribution in [2.75, 3.05) is 6.61 Å². The number of para-hydroxylation sites is 3. The number of carbonyl (C=O) groups is 1. The first-order chi connectivity index (χ1) is 11.3. The van der Waals surface area contributed by atoms with Crippen LogP contribution < -0.4 is 4.74 Å². The van der Waals surface area contributed by atoms with E-state index in [1.165, 1.54) is 0 Å². The van der Waals surface area contributed by atoms with Gasteiger partial charge in [-0.2, -0.15) is 0 Å². The molecule has 0 aliphatic carbocycles. The minimum Gasteiger partial charge on any atom is -0.488 e. The Balaban J connectivity index is 1.47. The lowest BCUT2D eigenvalue weighted by Crippen LogP contribution is -2.17. The average Bonchev–Trinajstić information content (AvgIpc) is 3.02. The monoisotopic (exact) mass is 306 g/mol. The van der Waals surface area contributed by atoms with Crippen LogP contribution in [0.1, 0.15) is 11.4 Å². The third kappa shape index (κ3) is 2.68. The number of hydrogen-bond acceptors (Lipinski definition) is 4. The van der Waals surface area contributed by atoms with Gasteiger partial charge >= 0.3 is 5.97 Å². The molecule has 2 heterocycles. The Kier molecular flexibility index (Phi) is 3.31. The van der Waals surface area contributed by atoms with Crippen molar-refractivity contribution in [1.82, 2.24) is 9.97 Å². The second kappa shape index (κ2) is 5.61. The van der Waals surface area contributed by atoms with Gasteiger partial charge in [0.25, 0.3) is 0 Å². The number of carbonyl (C=O) groups excluding carboxylic acids is 1. The molecule has 5 heteroatoms. The summed E-state index contributed by atoms with van der Waals surface area (Å²) in [5.74, 6) is 1.01. The van der Waals surface area contributed by atoms with E-state index in [0.717, 1.165) is 22.3 Å². The SMILES string of the molecule is O=C(OCc1nc2ccccc2[nH]1)C1=Cc2ccccc2OC1. The molecule has 1 aliphatic heterocycles. The van der Waals surface area contributed by atoms with Gasteiger partial charge in [0.1, 0.15) is 24.8 Å². The van der Waals surface area contributed by atoms with Crippen molar-refractivity contribution in [2.45, 2.75) is 6.61 Å². The maximum absolute atomic E-state index is 12.2. The van der Waals surface area contributed by atoms with Crippen molar-refractivity contribution in [1.29, 1.82) is 0 Å². The molecule has 4 rings (SSSR count). The zero-order valence-corrected chi connectivity index (χ0v) is 12.3. The van der Waals surface area contributed by atoms with Gasteiger partial charge in [-0.3, -0.25) is 0 Å². The van der Waals surface area contributed by atoms with Gasteiger partial charge in [-0.25, -0.2) is 9.78 Å². The summed E-state index contributed by atoms with van der Waals surface area (Å²) in [7, 11) is 0. The molecule has 3 aromatic rings. The predicted molar refractivity (Wildman–Crippen MR) is 85.8 cm³/mol. The Morgan fingerprint density at radius 1 is 1.17 bits per heavy atom. The molecule has 0 unspecified atom stereocenters. The summed E-state index contributed by atoms with van der Waals surface area (Å²) in [5.41, 5.74) is 3.16. The number of ether oxygens (including phenoxy) is 2. The van der Waals surface area contributed by atoms with Crippen LogP contribution in [0.15, 0.2) is 54.1 Å². The van der Waals surface area contributed by atoms with E-state index in [9.17, 15) is 4.79 Å². The van der Waals surface area contributed by atoms with Crippen molar-refractivity contribution < 1.29 is 14.3 Å². The summed E-state index contributed by atoms with van der Waals surface area (Å²) >= 11 is 0. The van der Waals surface area contributed by atoms with Gasteiger partial charge in [0, 0.05) is 5.56 Å². The maximum Gasteiger partial charge on any atom is 0.337 e. The summed E-state index contributed by atoms with van der Waals surface area (Å²) in [6, 6.07) is 15.3. The number of aromatic nitrogens is 2. The number of hydrogen-bond donors (Lipinski definition) is 1. The van der Waals surface area contributed by atoms with Gasteiger partial charge in [0.05, 0.1) is 16.6 Å². The largest absolute Gasteiger partial charge is 0.488 e. The summed E-state index contributed by atoms with van der Waals surface area (Å²) in [6.07, 6.45) is 1.81. The number of nitrogens with one attached hydrogen (secondary N) is 1. The minimum absolute atomic E-state index is 0.104. The van der Waals surface area contributed by atoms with Crippen LogP contribution >= 0.6 is 0 Å². The standard InChI is InChI=1S/C18H14N2O3/c21-18(13-9-12-5-1-4-8-16(12)22-10-13)23-11-17-19-14-6-2-3-7-15(14)20-17/h1-9H,10-11H2,(H,19,20). The van der Waals surface area contributed by atoms with Crippen LogP contribution in [0.5, 0.6) is 5.75 Å². The fraction of sp³-hybridized carbons (Fsp3) is 0.111. The molecule has 114 valence electrons. The molecule has 0 radical (unpaired) electrons. The molecule has 5 nitrogen and oxygen atoms in total. The van der Waals surface area contributed by atoms with Gasteiger partial charge < -0.3 is 14.5 Å². The predicted octanol–water partition coefficient (Wildman–Crippen LogP) is 3.08. The zero-order valence-electron chi connectivity index (χ0n) is 12.3. The van der Waals surface area contributed by atoms with Crippen LogP contribution in [-0.2, 0) is 16.1 Å². The molecular weight excluding hydrogens is 292 g/mol. The normalized spacial score (nSPS) is 13.1. The van der Waals surface area contributed by atoms with Crippen LogP contribution in [0.2, 0.25) is 0 Å². The number of benzene rings is 2. The van der Waals surface area contributed by atoms with E-state index in [1.807, 2.05) is 48.5 Å². The maximum atomic E-state index is 12.2. The van der Waals surface area contributed by atoms with Crippen LogP contribution in [0.3, 0.4) is 0 Å². The van der Waals surface area contributed by atoms with E-state index < -0.39 is 0 Å². The Morgan fingerprint density at radius 2 is 2.00 bits per heavy atom. The van der Waals surface area contributed by atoms with Crippen molar-refractivity contribution in [2.24, 2.45) is 0 Å². The molecule has 0 fully saturated rings. The van der Waals surface area contributed by atoms with Crippen LogP contribution in [0.4, 0.5) is 0 Å². The Hall–Kier alpha value is -3.08. The van der Waals surface area contributed by atoms with E-state index >= 15 is 0 Å². The van der Waals surface area contributed by atoms with Crippen LogP contribution in [0.25, 0.3) is 17.1 Å². The van der Waals surface area contributed by atoms with Crippen molar-refractivity contribution in [3.05, 3.63) is 65.5 Å². The summed E-state index contributed by atoms with van der Waals surface area (Å²) < 4.78 is 10.9. The highest BCUT2D eigenvalue weighted by molar-refractivity contribution is 5.95. The molecular formula is C18H14N2O3. The number of fused-ring (bicyclic) bond motifs is 2. The van der Waals surface area contributed by atoms with Gasteiger partial charge in [-0.15, -0.1) is 0 Å². The van der Waals surface area contributed by atoms with E-state index in [4.69, 9.17) is 9.47 Å². The summed E-state index contributed by atoms with van der Waals surface area (Å²) in [6.45, 7) is 0.322. The Morgan fingerprint density at radius 3 is 2.91 bits per heavy atom. The molecule has 1 aliphatic rings. The Bertz CT molecular complexity index is 878. The molecule has 0 bridgehead atoms. The lowest BCUT2D eigenvalue weighted by atomic mass is 10.1. The third-order valence-electron chi connectivity index (χ3n) is 3.67. The molecule has 0 atom stereocenters. The molecule has 2 aromatic carbocycles. The molecule has 0 spiro atoms. The fourth-order valence-electron chi connectivity index (χ4n) is 2.53. The number of rotatable bonds is 3. The molecule has 1 aromatic heterocycles. The van der Waals surface area contributed by atoms with E-state index in [1.54, 1.807) is 6.08 Å². The molecule has 23 heavy (non-hydrogen) atoms. The van der Waals surface area contributed by atoms with Gasteiger partial charge in [-0.05, 0) is 24.3 Å². The lowest BCUT2D eigenvalue weighted by molar-refractivity contribution is -0.140. The van der Waals surface area contributed by atoms with Crippen molar-refractivity contribution >= 4 is 23.1 Å². The Labute approximate surface area is 132 Å². The van der Waals surface area contributed by atoms with Gasteiger partial charge in [0.2, 0.25) is 0 Å². The smallest absolute Gasteiger partial charge is 0.337 e. The first kappa shape index (κ1) is 13.6. The topological polar surface area (TPSA) is 64.2 Å². The first-order valence-electron chi connectivity index (χ1n) is 7.33. The van der Waals surface area contributed by atoms with Crippen LogP contribution in [-0.4, -0.2) is 22.5 Å². The number of aromatic amines is 1. The summed E-state index contributed by atoms with van der Waals surface area (Å²) in [4.78, 5) is 19.7. The molecule has 0 saturated carbocycles. The molecule has 0 saturated heterocycles.